The van der Waals surface area contributed by atoms with Gasteiger partial charge in [0.15, 0.2) is 22.4 Å². The number of carbonyl (C=O) groups is 1. The molecule has 4 aromatic carbocycles. The van der Waals surface area contributed by atoms with Crippen LogP contribution in [0.4, 0.5) is 0 Å². The minimum atomic E-state index is -2.63. The summed E-state index contributed by atoms with van der Waals surface area (Å²) in [7, 11) is 0. The number of nitrogens with one attached hydrogen (secondary N) is 3. The Morgan fingerprint density at radius 3 is 2.51 bits per heavy atom. The number of aromatic amines is 1. The number of allylic oxidation sites excluding steroid dienone is 3. The predicted molar refractivity (Wildman–Crippen MR) is 375 cm³/mol. The number of phenolic OH excluding ortho intramolecular Hbond substituents is 2. The number of aromatic hydroxyl groups is 2. The minimum Gasteiger partial charge on any atom is -0.508 e. The molecule has 14 aliphatic carbocycles. The van der Waals surface area contributed by atoms with Gasteiger partial charge in [-0.2, -0.15) is 0 Å². The van der Waals surface area contributed by atoms with Crippen molar-refractivity contribution in [1.29, 1.82) is 0 Å². The maximum Gasteiger partial charge on any atom is 0.226 e. The van der Waals surface area contributed by atoms with Crippen molar-refractivity contribution in [3.05, 3.63) is 177 Å². The lowest BCUT2D eigenvalue weighted by atomic mass is 9.41. The second-order valence-electron chi connectivity index (χ2n) is 33.5. The standard InChI is InChI=1S/C83H90N4O13/c1-4-43-28-61-72-70(43)46-10-14-51-44-8-6-41(7-9-44)25-42-33-79-22-20-45(21-23-79)60-32-55-62(85-60)37-87(63(55)5-2)73-75-48(26-56-65(91)24-40(3)97-76(56)73)29-69-83(98-75)57-30-49(82(86-61,58(27-46)71(51)72)67(83)18-16-53(57)59-36-84-78(95)80(59,34-42)39-79)12-19-68(99-100-69)81(96,77(94)74(93)66(92)38-88)35-47-11-17-64(90)52-15-13-50(89)31-54(47)52/h6-9,11-13,15-20,22,24,26,30-32,37,42-43,45-46,51,53,57-59,61,66-72,74,77,85-86,88-90,92-94,96H,4-5,10,14,21,23,25,27-29,33-36,38-39H2,1-3H3,(H,84,95)/b19-12-/t42-,43+,45+,46+,51-,53+,57-,58+,59+,61-,66-,67-,68-,69-,70-,71-,72-,74-,77+,79-,80+,81+,82-,83+/m1/s1. The molecular formula is C83H90N4O13. The number of hydrogen-bond acceptors (Lipinski definition) is 14. The molecule has 520 valence electrons. The normalized spacial score (nSPS) is 39.0. The smallest absolute Gasteiger partial charge is 0.226 e. The van der Waals surface area contributed by atoms with E-state index in [2.05, 4.69) is 102 Å². The maximum absolute atomic E-state index is 16.1. The summed E-state index contributed by atoms with van der Waals surface area (Å²) in [5, 5.41) is 93.9. The van der Waals surface area contributed by atoms with Gasteiger partial charge in [-0.15, -0.1) is 0 Å². The SMILES string of the molecule is CCc1c2cc3[nH]c2cn1-c1c2c(cc4c(=O)cc(C)oc14)C[C@H]1OO[C@@H]([C@@](O)(Cc4ccc(O)c5ccc(O)cc45)[C@@H](O)[C@H](O)[C@H](O)CO)/C=C\C4=C[C@@H]5[C@@H]6C=C[C@H]([C@@]47N[C@@H]4C[C@H](CC)[C@@H]8[C@H]9CC[C@H](c%10ccc(cc%10)C[C@@H]%10C[C@]%11(C=C[C@H]3CC%11)C[C@]3(C%10)C(=O)NC[C@@H]63)[C@@H]([C@@H]84)[C@@H]7C9)[C@@]51O2. The lowest BCUT2D eigenvalue weighted by Crippen LogP contribution is -2.80. The van der Waals surface area contributed by atoms with Gasteiger partial charge in [0.2, 0.25) is 5.91 Å². The largest absolute Gasteiger partial charge is 0.508 e. The van der Waals surface area contributed by atoms with Crippen LogP contribution in [0, 0.1) is 82.9 Å². The van der Waals surface area contributed by atoms with E-state index < -0.39 is 77.5 Å². The number of benzene rings is 4. The summed E-state index contributed by atoms with van der Waals surface area (Å²) in [6, 6.07) is 23.1. The second-order valence-corrected chi connectivity index (χ2v) is 33.5. The van der Waals surface area contributed by atoms with Crippen LogP contribution in [0.25, 0.3) is 38.3 Å². The first kappa shape index (κ1) is 62.5. The lowest BCUT2D eigenvalue weighted by Gasteiger charge is -2.69. The molecule has 24 atom stereocenters. The Morgan fingerprint density at radius 2 is 1.70 bits per heavy atom. The predicted octanol–water partition coefficient (Wildman–Crippen LogP) is 10.6. The number of ether oxygens (including phenoxy) is 1. The fourth-order valence-corrected chi connectivity index (χ4v) is 25.2. The number of nitrogens with zero attached hydrogens (tertiary/aromatic N) is 1. The number of H-pyrrole nitrogens is 1. The number of aryl methyl sites for hydroxylation is 2. The van der Waals surface area contributed by atoms with Crippen LogP contribution in [0.5, 0.6) is 17.2 Å². The molecule has 17 heteroatoms. The Balaban J connectivity index is 0.903. The van der Waals surface area contributed by atoms with E-state index in [1.165, 1.54) is 35.4 Å². The molecule has 30 rings (SSSR count). The van der Waals surface area contributed by atoms with Crippen molar-refractivity contribution in [1.82, 2.24) is 20.2 Å². The Kier molecular flexibility index (Phi) is 13.7. The third-order valence-corrected chi connectivity index (χ3v) is 29.0. The van der Waals surface area contributed by atoms with Gasteiger partial charge < -0.3 is 65.1 Å². The summed E-state index contributed by atoms with van der Waals surface area (Å²) in [6.07, 6.45) is 19.8. The van der Waals surface area contributed by atoms with Gasteiger partial charge in [-0.05, 0) is 212 Å². The molecule has 5 saturated carbocycles. The maximum atomic E-state index is 16.1. The van der Waals surface area contributed by atoms with Crippen molar-refractivity contribution >= 4 is 38.6 Å². The Labute approximate surface area is 579 Å². The Bertz CT molecular complexity index is 4790. The van der Waals surface area contributed by atoms with Crippen LogP contribution in [0.15, 0.2) is 136 Å². The Hall–Kier alpha value is -7.32. The van der Waals surface area contributed by atoms with E-state index in [1.54, 1.807) is 18.2 Å². The Morgan fingerprint density at radius 1 is 0.840 bits per heavy atom. The van der Waals surface area contributed by atoms with E-state index in [0.717, 1.165) is 85.7 Å². The monoisotopic (exact) mass is 1350 g/mol. The van der Waals surface area contributed by atoms with Crippen molar-refractivity contribution in [2.24, 2.45) is 75.9 Å². The van der Waals surface area contributed by atoms with Gasteiger partial charge in [0.05, 0.1) is 28.5 Å². The summed E-state index contributed by atoms with van der Waals surface area (Å²) in [6.45, 7) is 5.86. The highest BCUT2D eigenvalue weighted by atomic mass is 17.2. The molecule has 4 spiro atoms. The number of aliphatic hydroxyl groups excluding tert-OH is 4. The van der Waals surface area contributed by atoms with Crippen molar-refractivity contribution in [2.45, 2.75) is 176 Å². The van der Waals surface area contributed by atoms with Crippen LogP contribution in [0.1, 0.15) is 129 Å². The zero-order valence-corrected chi connectivity index (χ0v) is 56.9. The fourth-order valence-electron chi connectivity index (χ4n) is 25.2. The van der Waals surface area contributed by atoms with Crippen molar-refractivity contribution in [3.8, 4) is 22.9 Å². The summed E-state index contributed by atoms with van der Waals surface area (Å²) >= 11 is 0. The number of hydrogen-bond donors (Lipinski definition) is 10. The van der Waals surface area contributed by atoms with Crippen LogP contribution < -0.4 is 20.8 Å². The number of amides is 1. The van der Waals surface area contributed by atoms with Gasteiger partial charge >= 0.3 is 0 Å². The number of aliphatic hydroxyl groups is 5. The molecule has 10 N–H and O–H groups in total. The van der Waals surface area contributed by atoms with E-state index in [-0.39, 0.29) is 82.1 Å². The second kappa shape index (κ2) is 21.9. The van der Waals surface area contributed by atoms with Gasteiger partial charge in [-0.3, -0.25) is 9.59 Å². The summed E-state index contributed by atoms with van der Waals surface area (Å²) in [5.74, 6) is 1.75. The lowest BCUT2D eigenvalue weighted by molar-refractivity contribution is -0.400. The summed E-state index contributed by atoms with van der Waals surface area (Å²) < 4.78 is 18.0. The average molecular weight is 1350 g/mol. The molecule has 0 radical (unpaired) electrons. The van der Waals surface area contributed by atoms with Gasteiger partial charge in [-0.1, -0.05) is 87.1 Å². The summed E-state index contributed by atoms with van der Waals surface area (Å²) in [4.78, 5) is 49.6. The highest BCUT2D eigenvalue weighted by Gasteiger charge is 2.76. The van der Waals surface area contributed by atoms with E-state index in [1.807, 2.05) is 13.0 Å². The average Bonchev–Trinajstić information content (AvgIpc) is 1.03. The molecule has 22 bridgehead atoms. The number of fused-ring (bicyclic) bond motifs is 6. The molecule has 1 amide bonds. The van der Waals surface area contributed by atoms with Crippen molar-refractivity contribution in [2.75, 3.05) is 13.2 Å². The minimum absolute atomic E-state index is 0.0182. The van der Waals surface area contributed by atoms with Crippen molar-refractivity contribution < 1.29 is 59.5 Å². The molecule has 23 aliphatic rings. The third-order valence-electron chi connectivity index (χ3n) is 29.0. The molecule has 12 heterocycles. The fraction of sp³-hybridized carbons (Fsp3) is 0.518. The molecule has 7 aromatic rings. The number of aromatic nitrogens is 2. The molecule has 0 unspecified atom stereocenters. The number of phenols is 2. The van der Waals surface area contributed by atoms with Gasteiger partial charge in [0.1, 0.15) is 59.1 Å². The zero-order valence-electron chi connectivity index (χ0n) is 56.9. The van der Waals surface area contributed by atoms with Crippen molar-refractivity contribution in [3.63, 3.8) is 0 Å². The van der Waals surface area contributed by atoms with Gasteiger partial charge in [0.25, 0.3) is 0 Å². The third kappa shape index (κ3) is 8.40. The zero-order chi connectivity index (χ0) is 68.0. The van der Waals surface area contributed by atoms with Crippen LogP contribution in [-0.2, 0) is 40.3 Å². The molecule has 7 fully saturated rings. The highest BCUT2D eigenvalue weighted by Crippen LogP contribution is 2.73. The van der Waals surface area contributed by atoms with E-state index in [9.17, 15) is 40.5 Å². The van der Waals surface area contributed by atoms with Crippen LogP contribution in [0.3, 0.4) is 0 Å². The summed E-state index contributed by atoms with van der Waals surface area (Å²) in [5.41, 5.74) is 2.42. The number of rotatable bonds is 9. The highest BCUT2D eigenvalue weighted by molar-refractivity contribution is 5.94. The van der Waals surface area contributed by atoms with Crippen LogP contribution in [0.2, 0.25) is 0 Å². The molecular weight excluding hydrogens is 1260 g/mol. The number of carbonyl (C=O) groups excluding carboxylic acids is 1. The van der Waals surface area contributed by atoms with Crippen LogP contribution >= 0.6 is 0 Å². The first-order valence-electron chi connectivity index (χ1n) is 37.5. The molecule has 17 nitrogen and oxygen atoms in total. The molecule has 100 heavy (non-hydrogen) atoms. The molecule has 2 saturated heterocycles. The molecule has 9 aliphatic heterocycles. The van der Waals surface area contributed by atoms with Crippen LogP contribution in [-0.4, -0.2) is 118 Å². The van der Waals surface area contributed by atoms with Gasteiger partial charge in [-0.25, -0.2) is 9.78 Å². The topological polar surface area (TPSA) is 261 Å². The first-order chi connectivity index (χ1) is 48.4. The van der Waals surface area contributed by atoms with E-state index in [4.69, 9.17) is 24.2 Å². The quantitative estimate of drug-likeness (QED) is 0.0476. The molecule has 3 aromatic heterocycles. The van der Waals surface area contributed by atoms with E-state index in [0.29, 0.717) is 99.5 Å². The first-order valence-corrected chi connectivity index (χ1v) is 37.5. The van der Waals surface area contributed by atoms with E-state index >= 15 is 4.79 Å². The van der Waals surface area contributed by atoms with Gasteiger partial charge in [0, 0.05) is 83.2 Å². The number of piperidine rings is 1.